The number of aromatic carboxylic acids is 1. The number of rotatable bonds is 9. The molecule has 0 bridgehead atoms. The summed E-state index contributed by atoms with van der Waals surface area (Å²) in [4.78, 5) is 11.1. The standard InChI is InChI=1S/C24H24ClNO5S.Na.H/c1-16(26-15-23(27)19-3-2-4-20(25)14-19)13-17-5-9-21(10-6-17)32(30,31)22-11-7-18(8-12-22)24(28)29;;/h2-12,14,16,23,26-27H,13,15H2,1H3,(H,28,29);;/t16-,23-;;/m1../s1. The first-order valence-corrected chi connectivity index (χ1v) is 11.9. The molecule has 0 amide bonds. The molecule has 170 valence electrons. The Bertz CT molecular complexity index is 1180. The van der Waals surface area contributed by atoms with Crippen molar-refractivity contribution in [1.82, 2.24) is 5.32 Å². The first-order valence-electron chi connectivity index (χ1n) is 10.0. The number of halogens is 1. The zero-order chi connectivity index (χ0) is 23.3. The summed E-state index contributed by atoms with van der Waals surface area (Å²) in [6.45, 7) is 2.35. The van der Waals surface area contributed by atoms with Gasteiger partial charge in [0.1, 0.15) is 0 Å². The summed E-state index contributed by atoms with van der Waals surface area (Å²) < 4.78 is 25.6. The Morgan fingerprint density at radius 3 is 2.12 bits per heavy atom. The Kier molecular flexibility index (Phi) is 10.1. The molecule has 3 rings (SSSR count). The Morgan fingerprint density at radius 2 is 1.58 bits per heavy atom. The Morgan fingerprint density at radius 1 is 1.00 bits per heavy atom. The number of aliphatic hydroxyl groups is 1. The van der Waals surface area contributed by atoms with Crippen molar-refractivity contribution in [2.24, 2.45) is 0 Å². The van der Waals surface area contributed by atoms with Crippen molar-refractivity contribution in [2.45, 2.75) is 35.3 Å². The average molecular weight is 498 g/mol. The van der Waals surface area contributed by atoms with Crippen LogP contribution in [0.3, 0.4) is 0 Å². The maximum absolute atomic E-state index is 12.8. The number of hydrogen-bond donors (Lipinski definition) is 3. The van der Waals surface area contributed by atoms with Gasteiger partial charge in [-0.3, -0.25) is 0 Å². The second kappa shape index (κ2) is 12.1. The zero-order valence-corrected chi connectivity index (χ0v) is 19.0. The fourth-order valence-electron chi connectivity index (χ4n) is 3.29. The van der Waals surface area contributed by atoms with Crippen molar-refractivity contribution in [3.8, 4) is 0 Å². The molecule has 0 radical (unpaired) electrons. The molecule has 0 spiro atoms. The summed E-state index contributed by atoms with van der Waals surface area (Å²) in [6, 6.07) is 18.9. The molecule has 2 atom stereocenters. The van der Waals surface area contributed by atoms with Crippen LogP contribution < -0.4 is 5.32 Å². The van der Waals surface area contributed by atoms with Gasteiger partial charge in [0.25, 0.3) is 0 Å². The quantitative estimate of drug-likeness (QED) is 0.391. The van der Waals surface area contributed by atoms with Gasteiger partial charge in [-0.05, 0) is 73.0 Å². The van der Waals surface area contributed by atoms with E-state index in [1.165, 1.54) is 24.3 Å². The molecule has 0 fully saturated rings. The van der Waals surface area contributed by atoms with Crippen molar-refractivity contribution < 1.29 is 23.4 Å². The second-order valence-corrected chi connectivity index (χ2v) is 9.95. The fourth-order valence-corrected chi connectivity index (χ4v) is 4.75. The number of aliphatic hydroxyl groups excluding tert-OH is 1. The Balaban J connectivity index is 0.00000385. The van der Waals surface area contributed by atoms with E-state index in [0.29, 0.717) is 18.0 Å². The van der Waals surface area contributed by atoms with Crippen LogP contribution in [-0.2, 0) is 16.3 Å². The topological polar surface area (TPSA) is 104 Å². The summed E-state index contributed by atoms with van der Waals surface area (Å²) >= 11 is 5.96. The van der Waals surface area contributed by atoms with Crippen LogP contribution in [0.5, 0.6) is 0 Å². The predicted octanol–water partition coefficient (Wildman–Crippen LogP) is 3.48. The minimum absolute atomic E-state index is 0. The second-order valence-electron chi connectivity index (χ2n) is 7.56. The van der Waals surface area contributed by atoms with Crippen LogP contribution in [0.25, 0.3) is 0 Å². The molecular formula is C24H25ClNNaO5S. The van der Waals surface area contributed by atoms with E-state index < -0.39 is 21.9 Å². The maximum atomic E-state index is 12.8. The third kappa shape index (κ3) is 7.39. The van der Waals surface area contributed by atoms with Crippen molar-refractivity contribution in [3.63, 3.8) is 0 Å². The molecule has 9 heteroatoms. The van der Waals surface area contributed by atoms with Crippen LogP contribution in [-0.4, -0.2) is 66.7 Å². The van der Waals surface area contributed by atoms with Gasteiger partial charge in [0.2, 0.25) is 9.84 Å². The van der Waals surface area contributed by atoms with Crippen molar-refractivity contribution >= 4 is 57.0 Å². The number of benzene rings is 3. The van der Waals surface area contributed by atoms with Crippen LogP contribution in [0.4, 0.5) is 0 Å². The summed E-state index contributed by atoms with van der Waals surface area (Å²) in [6.07, 6.45) is -0.0354. The summed E-state index contributed by atoms with van der Waals surface area (Å²) in [5, 5.41) is 23.1. The van der Waals surface area contributed by atoms with E-state index in [1.807, 2.05) is 13.0 Å². The van der Waals surface area contributed by atoms with Gasteiger partial charge in [0, 0.05) is 17.6 Å². The molecule has 3 N–H and O–H groups in total. The molecule has 0 unspecified atom stereocenters. The molecule has 0 aliphatic heterocycles. The van der Waals surface area contributed by atoms with Crippen LogP contribution >= 0.6 is 11.6 Å². The van der Waals surface area contributed by atoms with E-state index in [1.54, 1.807) is 42.5 Å². The number of hydrogen-bond acceptors (Lipinski definition) is 5. The molecule has 0 aromatic heterocycles. The van der Waals surface area contributed by atoms with Gasteiger partial charge in [-0.1, -0.05) is 35.9 Å². The van der Waals surface area contributed by atoms with Crippen LogP contribution in [0, 0.1) is 0 Å². The predicted molar refractivity (Wildman–Crippen MR) is 130 cm³/mol. The van der Waals surface area contributed by atoms with E-state index in [2.05, 4.69) is 5.32 Å². The SMILES string of the molecule is C[C@H](Cc1ccc(S(=O)(=O)c2ccc(C(=O)O)cc2)cc1)NC[C@@H](O)c1cccc(Cl)c1.[NaH]. The number of sulfone groups is 1. The fraction of sp³-hybridized carbons (Fsp3) is 0.208. The number of carboxylic acid groups (broad SMARTS) is 1. The van der Waals surface area contributed by atoms with Gasteiger partial charge in [-0.2, -0.15) is 0 Å². The Hall–Kier alpha value is -1.71. The molecule has 3 aromatic carbocycles. The van der Waals surface area contributed by atoms with E-state index in [0.717, 1.165) is 11.1 Å². The van der Waals surface area contributed by atoms with E-state index >= 15 is 0 Å². The van der Waals surface area contributed by atoms with Crippen LogP contribution in [0.2, 0.25) is 5.02 Å². The summed E-state index contributed by atoms with van der Waals surface area (Å²) in [5.41, 5.74) is 1.71. The van der Waals surface area contributed by atoms with Gasteiger partial charge in [0.05, 0.1) is 21.5 Å². The van der Waals surface area contributed by atoms with Gasteiger partial charge in [-0.25, -0.2) is 13.2 Å². The van der Waals surface area contributed by atoms with E-state index in [-0.39, 0.29) is 51.0 Å². The van der Waals surface area contributed by atoms with Gasteiger partial charge >= 0.3 is 35.5 Å². The Labute approximate surface area is 220 Å². The molecular weight excluding hydrogens is 473 g/mol. The molecule has 0 saturated carbocycles. The molecule has 6 nitrogen and oxygen atoms in total. The van der Waals surface area contributed by atoms with Crippen LogP contribution in [0.1, 0.15) is 34.5 Å². The molecule has 0 aliphatic rings. The minimum atomic E-state index is -3.73. The zero-order valence-electron chi connectivity index (χ0n) is 17.4. The first kappa shape index (κ1) is 27.5. The molecule has 3 aromatic rings. The van der Waals surface area contributed by atoms with Crippen molar-refractivity contribution in [1.29, 1.82) is 0 Å². The van der Waals surface area contributed by atoms with E-state index in [9.17, 15) is 18.3 Å². The number of carboxylic acids is 1. The molecule has 0 aliphatic carbocycles. The summed E-state index contributed by atoms with van der Waals surface area (Å²) in [5.74, 6) is -1.11. The van der Waals surface area contributed by atoms with E-state index in [4.69, 9.17) is 16.7 Å². The third-order valence-corrected chi connectivity index (χ3v) is 7.10. The monoisotopic (exact) mass is 497 g/mol. The first-order chi connectivity index (χ1) is 15.2. The van der Waals surface area contributed by atoms with Crippen LogP contribution in [0.15, 0.2) is 82.6 Å². The molecule has 33 heavy (non-hydrogen) atoms. The van der Waals surface area contributed by atoms with Gasteiger partial charge < -0.3 is 15.5 Å². The van der Waals surface area contributed by atoms with Crippen molar-refractivity contribution in [2.75, 3.05) is 6.54 Å². The average Bonchev–Trinajstić information content (AvgIpc) is 2.78. The molecule has 0 heterocycles. The van der Waals surface area contributed by atoms with Crippen molar-refractivity contribution in [3.05, 3.63) is 94.5 Å². The number of carbonyl (C=O) groups is 1. The molecule has 0 saturated heterocycles. The number of nitrogens with one attached hydrogen (secondary N) is 1. The third-order valence-electron chi connectivity index (χ3n) is 5.08. The van der Waals surface area contributed by atoms with Gasteiger partial charge in [0.15, 0.2) is 0 Å². The summed E-state index contributed by atoms with van der Waals surface area (Å²) in [7, 11) is -3.73. The normalized spacial score (nSPS) is 13.1. The van der Waals surface area contributed by atoms with Gasteiger partial charge in [-0.15, -0.1) is 0 Å².